The van der Waals surface area contributed by atoms with Crippen LogP contribution in [-0.2, 0) is 11.3 Å². The van der Waals surface area contributed by atoms with E-state index in [1.807, 2.05) is 50.9 Å². The first-order valence-corrected chi connectivity index (χ1v) is 10.5. The van der Waals surface area contributed by atoms with E-state index in [2.05, 4.69) is 12.1 Å². The number of carbonyl (C=O) groups excluding carboxylic acids is 2. The van der Waals surface area contributed by atoms with Gasteiger partial charge in [0.05, 0.1) is 0 Å². The minimum atomic E-state index is 0.0608. The maximum absolute atomic E-state index is 13.1. The fourth-order valence-electron chi connectivity index (χ4n) is 4.43. The SMILES string of the molecule is O=C(c1cccn1Cc1ccccc1)N1CCN(C(=O)C2CCCCC2)CC1. The van der Waals surface area contributed by atoms with Gasteiger partial charge in [0, 0.05) is 44.8 Å². The molecule has 2 aromatic rings. The first-order valence-electron chi connectivity index (χ1n) is 10.5. The zero-order valence-electron chi connectivity index (χ0n) is 16.4. The summed E-state index contributed by atoms with van der Waals surface area (Å²) >= 11 is 0. The Labute approximate surface area is 166 Å². The average Bonchev–Trinajstić information content (AvgIpc) is 3.22. The lowest BCUT2D eigenvalue weighted by Crippen LogP contribution is -2.52. The molecule has 0 atom stereocenters. The maximum atomic E-state index is 13.1. The van der Waals surface area contributed by atoms with Gasteiger partial charge in [-0.1, -0.05) is 49.6 Å². The predicted molar refractivity (Wildman–Crippen MR) is 109 cm³/mol. The van der Waals surface area contributed by atoms with E-state index >= 15 is 0 Å². The van der Waals surface area contributed by atoms with Crippen molar-refractivity contribution in [2.24, 2.45) is 5.92 Å². The molecular weight excluding hydrogens is 350 g/mol. The van der Waals surface area contributed by atoms with Crippen LogP contribution in [0.4, 0.5) is 0 Å². The van der Waals surface area contributed by atoms with Gasteiger partial charge >= 0.3 is 0 Å². The molecule has 1 aromatic heterocycles. The zero-order valence-corrected chi connectivity index (χ0v) is 16.4. The fraction of sp³-hybridized carbons (Fsp3) is 0.478. The van der Waals surface area contributed by atoms with Crippen LogP contribution in [0.15, 0.2) is 48.7 Å². The number of benzene rings is 1. The Morgan fingerprint density at radius 3 is 2.21 bits per heavy atom. The van der Waals surface area contributed by atoms with Gasteiger partial charge in [0.15, 0.2) is 0 Å². The van der Waals surface area contributed by atoms with Crippen LogP contribution in [0, 0.1) is 5.92 Å². The highest BCUT2D eigenvalue weighted by atomic mass is 16.2. The number of aromatic nitrogens is 1. The lowest BCUT2D eigenvalue weighted by atomic mass is 9.88. The summed E-state index contributed by atoms with van der Waals surface area (Å²) in [4.78, 5) is 29.7. The molecule has 2 fully saturated rings. The molecule has 2 aliphatic rings. The number of rotatable bonds is 4. The summed E-state index contributed by atoms with van der Waals surface area (Å²) in [7, 11) is 0. The van der Waals surface area contributed by atoms with Crippen LogP contribution >= 0.6 is 0 Å². The van der Waals surface area contributed by atoms with Crippen molar-refractivity contribution in [3.05, 3.63) is 59.9 Å². The smallest absolute Gasteiger partial charge is 0.270 e. The summed E-state index contributed by atoms with van der Waals surface area (Å²) < 4.78 is 2.01. The highest BCUT2D eigenvalue weighted by molar-refractivity contribution is 5.93. The molecule has 1 saturated heterocycles. The van der Waals surface area contributed by atoms with Crippen LogP contribution in [0.25, 0.3) is 0 Å². The van der Waals surface area contributed by atoms with Crippen LogP contribution in [0.1, 0.15) is 48.2 Å². The molecule has 0 N–H and O–H groups in total. The van der Waals surface area contributed by atoms with Crippen molar-refractivity contribution in [2.45, 2.75) is 38.6 Å². The Bertz CT molecular complexity index is 800. The second-order valence-corrected chi connectivity index (χ2v) is 7.96. The summed E-state index contributed by atoms with van der Waals surface area (Å²) in [5.74, 6) is 0.573. The molecular formula is C23H29N3O2. The molecule has 2 heterocycles. The molecule has 4 rings (SSSR count). The van der Waals surface area contributed by atoms with Crippen LogP contribution in [-0.4, -0.2) is 52.4 Å². The average molecular weight is 380 g/mol. The molecule has 2 amide bonds. The van der Waals surface area contributed by atoms with Crippen LogP contribution in [0.2, 0.25) is 0 Å². The van der Waals surface area contributed by atoms with Crippen molar-refractivity contribution in [1.29, 1.82) is 0 Å². The number of hydrogen-bond acceptors (Lipinski definition) is 2. The van der Waals surface area contributed by atoms with Gasteiger partial charge in [0.2, 0.25) is 5.91 Å². The molecule has 28 heavy (non-hydrogen) atoms. The molecule has 0 unspecified atom stereocenters. The largest absolute Gasteiger partial charge is 0.339 e. The minimum Gasteiger partial charge on any atom is -0.339 e. The van der Waals surface area contributed by atoms with Gasteiger partial charge in [-0.15, -0.1) is 0 Å². The van der Waals surface area contributed by atoms with E-state index in [9.17, 15) is 9.59 Å². The summed E-state index contributed by atoms with van der Waals surface area (Å²) in [5, 5.41) is 0. The van der Waals surface area contributed by atoms with Crippen LogP contribution < -0.4 is 0 Å². The monoisotopic (exact) mass is 379 g/mol. The van der Waals surface area contributed by atoms with Crippen LogP contribution in [0.5, 0.6) is 0 Å². The molecule has 1 aromatic carbocycles. The van der Waals surface area contributed by atoms with E-state index in [1.165, 1.54) is 24.8 Å². The molecule has 5 heteroatoms. The first kappa shape index (κ1) is 18.8. The second-order valence-electron chi connectivity index (χ2n) is 7.96. The number of carbonyl (C=O) groups is 2. The third kappa shape index (κ3) is 4.13. The standard InChI is InChI=1S/C23H29N3O2/c27-22(20-10-5-2-6-11-20)24-14-16-25(17-15-24)23(28)21-12-7-13-26(21)18-19-8-3-1-4-9-19/h1,3-4,7-9,12-13,20H,2,5-6,10-11,14-18H2. The Hall–Kier alpha value is -2.56. The van der Waals surface area contributed by atoms with Gasteiger partial charge in [0.1, 0.15) is 5.69 Å². The van der Waals surface area contributed by atoms with E-state index in [0.717, 1.165) is 18.5 Å². The molecule has 0 bridgehead atoms. The minimum absolute atomic E-state index is 0.0608. The molecule has 1 saturated carbocycles. The summed E-state index contributed by atoms with van der Waals surface area (Å²) in [6, 6.07) is 14.0. The van der Waals surface area contributed by atoms with Gasteiger partial charge in [0.25, 0.3) is 5.91 Å². The first-order chi connectivity index (χ1) is 13.7. The summed E-state index contributed by atoms with van der Waals surface area (Å²) in [5.41, 5.74) is 1.89. The normalized spacial score (nSPS) is 18.3. The Morgan fingerprint density at radius 2 is 1.50 bits per heavy atom. The quantitative estimate of drug-likeness (QED) is 0.817. The number of hydrogen-bond donors (Lipinski definition) is 0. The lowest BCUT2D eigenvalue weighted by molar-refractivity contribution is -0.138. The number of piperazine rings is 1. The highest BCUT2D eigenvalue weighted by Gasteiger charge is 2.30. The number of amides is 2. The molecule has 1 aliphatic heterocycles. The van der Waals surface area contributed by atoms with Gasteiger partial charge in [-0.25, -0.2) is 0 Å². The zero-order chi connectivity index (χ0) is 19.3. The van der Waals surface area contributed by atoms with E-state index < -0.39 is 0 Å². The van der Waals surface area contributed by atoms with Crippen LogP contribution in [0.3, 0.4) is 0 Å². The van der Waals surface area contributed by atoms with E-state index in [-0.39, 0.29) is 11.8 Å². The Kier molecular flexibility index (Phi) is 5.79. The molecule has 1 aliphatic carbocycles. The van der Waals surface area contributed by atoms with Gasteiger partial charge in [-0.3, -0.25) is 9.59 Å². The van der Waals surface area contributed by atoms with Gasteiger partial charge in [-0.2, -0.15) is 0 Å². The predicted octanol–water partition coefficient (Wildman–Crippen LogP) is 3.40. The van der Waals surface area contributed by atoms with E-state index in [4.69, 9.17) is 0 Å². The van der Waals surface area contributed by atoms with Crippen molar-refractivity contribution in [1.82, 2.24) is 14.4 Å². The summed E-state index contributed by atoms with van der Waals surface area (Å²) in [6.45, 7) is 3.23. The van der Waals surface area contributed by atoms with E-state index in [0.29, 0.717) is 38.6 Å². The molecule has 0 spiro atoms. The van der Waals surface area contributed by atoms with Crippen molar-refractivity contribution < 1.29 is 9.59 Å². The third-order valence-electron chi connectivity index (χ3n) is 6.08. The van der Waals surface area contributed by atoms with E-state index in [1.54, 1.807) is 0 Å². The highest BCUT2D eigenvalue weighted by Crippen LogP contribution is 2.26. The Morgan fingerprint density at radius 1 is 0.821 bits per heavy atom. The molecule has 148 valence electrons. The van der Waals surface area contributed by atoms with Crippen molar-refractivity contribution >= 4 is 11.8 Å². The number of nitrogens with zero attached hydrogens (tertiary/aromatic N) is 3. The fourth-order valence-corrected chi connectivity index (χ4v) is 4.43. The third-order valence-corrected chi connectivity index (χ3v) is 6.08. The molecule has 5 nitrogen and oxygen atoms in total. The van der Waals surface area contributed by atoms with Gasteiger partial charge in [-0.05, 0) is 30.5 Å². The van der Waals surface area contributed by atoms with Gasteiger partial charge < -0.3 is 14.4 Å². The van der Waals surface area contributed by atoms with Crippen molar-refractivity contribution in [3.8, 4) is 0 Å². The topological polar surface area (TPSA) is 45.6 Å². The Balaban J connectivity index is 1.36. The molecule has 0 radical (unpaired) electrons. The second kappa shape index (κ2) is 8.63. The lowest BCUT2D eigenvalue weighted by Gasteiger charge is -2.37. The maximum Gasteiger partial charge on any atom is 0.270 e. The van der Waals surface area contributed by atoms with Crippen molar-refractivity contribution in [3.63, 3.8) is 0 Å². The van der Waals surface area contributed by atoms with Crippen molar-refractivity contribution in [2.75, 3.05) is 26.2 Å². The summed E-state index contributed by atoms with van der Waals surface area (Å²) in [6.07, 6.45) is 7.63.